The summed E-state index contributed by atoms with van der Waals surface area (Å²) in [6.45, 7) is 0.0989. The molecule has 2 aromatic carbocycles. The number of benzene rings is 2. The molecule has 0 aromatic heterocycles. The number of aliphatic hydroxyl groups excluding tert-OH is 1. The molecule has 29 heavy (non-hydrogen) atoms. The minimum atomic E-state index is -3.67. The molecular formula is C21H23NO6S. The number of nitrogens with one attached hydrogen (secondary N) is 1. The summed E-state index contributed by atoms with van der Waals surface area (Å²) >= 11 is 0. The Bertz CT molecular complexity index is 1010. The molecule has 0 bridgehead atoms. The molecule has 1 fully saturated rings. The van der Waals surface area contributed by atoms with Gasteiger partial charge in [-0.1, -0.05) is 36.4 Å². The van der Waals surface area contributed by atoms with E-state index in [4.69, 9.17) is 9.84 Å². The monoisotopic (exact) mass is 417 g/mol. The number of hydrogen-bond donors (Lipinski definition) is 3. The van der Waals surface area contributed by atoms with E-state index >= 15 is 0 Å². The van der Waals surface area contributed by atoms with E-state index in [1.807, 2.05) is 18.2 Å². The van der Waals surface area contributed by atoms with Gasteiger partial charge in [0, 0.05) is 36.8 Å². The van der Waals surface area contributed by atoms with Gasteiger partial charge in [-0.05, 0) is 24.1 Å². The second kappa shape index (κ2) is 7.78. The molecule has 8 heteroatoms. The van der Waals surface area contributed by atoms with Crippen LogP contribution in [0, 0.1) is 5.92 Å². The van der Waals surface area contributed by atoms with Crippen LogP contribution in [-0.4, -0.2) is 43.4 Å². The fourth-order valence-electron chi connectivity index (χ4n) is 4.38. The van der Waals surface area contributed by atoms with Gasteiger partial charge in [-0.3, -0.25) is 4.79 Å². The van der Waals surface area contributed by atoms with Crippen molar-refractivity contribution < 1.29 is 28.2 Å². The van der Waals surface area contributed by atoms with Gasteiger partial charge in [-0.2, -0.15) is 0 Å². The standard InChI is InChI=1S/C21H23NO6S/c23-17-11-18-20(15-8-4-5-13(21(15)28-18)9-10-19(24)25)16(17)12-22-29(26,27)14-6-2-1-3-7-14/h1-8,16-18,20,22-23H,9-12H2,(H,24,25). The summed E-state index contributed by atoms with van der Waals surface area (Å²) in [6, 6.07) is 13.8. The fraction of sp³-hybridized carbons (Fsp3) is 0.381. The second-order valence-electron chi connectivity index (χ2n) is 7.54. The number of sulfonamides is 1. The van der Waals surface area contributed by atoms with Crippen LogP contribution in [0.3, 0.4) is 0 Å². The highest BCUT2D eigenvalue weighted by Crippen LogP contribution is 2.51. The Hall–Kier alpha value is -2.42. The van der Waals surface area contributed by atoms with E-state index in [1.165, 1.54) is 12.1 Å². The lowest BCUT2D eigenvalue weighted by molar-refractivity contribution is -0.136. The smallest absolute Gasteiger partial charge is 0.303 e. The van der Waals surface area contributed by atoms with Gasteiger partial charge < -0.3 is 14.9 Å². The Morgan fingerprint density at radius 2 is 1.90 bits per heavy atom. The van der Waals surface area contributed by atoms with E-state index in [2.05, 4.69) is 4.72 Å². The highest BCUT2D eigenvalue weighted by atomic mass is 32.2. The summed E-state index contributed by atoms with van der Waals surface area (Å²) in [6.07, 6.45) is -0.129. The number of aliphatic carboxylic acids is 1. The number of aliphatic hydroxyl groups is 1. The molecule has 0 spiro atoms. The predicted molar refractivity (Wildman–Crippen MR) is 105 cm³/mol. The molecule has 0 radical (unpaired) electrons. The maximum atomic E-state index is 12.6. The zero-order chi connectivity index (χ0) is 20.6. The summed E-state index contributed by atoms with van der Waals surface area (Å²) in [7, 11) is -3.67. The third-order valence-electron chi connectivity index (χ3n) is 5.76. The highest BCUT2D eigenvalue weighted by molar-refractivity contribution is 7.89. The summed E-state index contributed by atoms with van der Waals surface area (Å²) in [5.41, 5.74) is 1.75. The summed E-state index contributed by atoms with van der Waals surface area (Å²) in [4.78, 5) is 11.1. The number of fused-ring (bicyclic) bond motifs is 3. The molecule has 3 N–H and O–H groups in total. The molecule has 4 rings (SSSR count). The van der Waals surface area contributed by atoms with E-state index in [0.29, 0.717) is 18.6 Å². The van der Waals surface area contributed by atoms with E-state index < -0.39 is 22.1 Å². The zero-order valence-electron chi connectivity index (χ0n) is 15.7. The lowest BCUT2D eigenvalue weighted by Crippen LogP contribution is -2.34. The van der Waals surface area contributed by atoms with Crippen LogP contribution in [0.1, 0.15) is 29.9 Å². The van der Waals surface area contributed by atoms with Gasteiger partial charge in [0.05, 0.1) is 11.0 Å². The van der Waals surface area contributed by atoms with Gasteiger partial charge in [-0.15, -0.1) is 0 Å². The van der Waals surface area contributed by atoms with E-state index in [1.54, 1.807) is 18.2 Å². The van der Waals surface area contributed by atoms with Crippen molar-refractivity contribution in [3.63, 3.8) is 0 Å². The van der Waals surface area contributed by atoms with Crippen LogP contribution >= 0.6 is 0 Å². The Morgan fingerprint density at radius 1 is 1.14 bits per heavy atom. The van der Waals surface area contributed by atoms with Crippen LogP contribution in [0.4, 0.5) is 0 Å². The molecule has 2 aromatic rings. The van der Waals surface area contributed by atoms with Crippen LogP contribution in [0.15, 0.2) is 53.4 Å². The quantitative estimate of drug-likeness (QED) is 0.634. The average molecular weight is 417 g/mol. The topological polar surface area (TPSA) is 113 Å². The third kappa shape index (κ3) is 3.88. The summed E-state index contributed by atoms with van der Waals surface area (Å²) in [5.74, 6) is -0.645. The summed E-state index contributed by atoms with van der Waals surface area (Å²) in [5, 5.41) is 19.5. The molecule has 0 amide bonds. The molecule has 1 aliphatic heterocycles. The van der Waals surface area contributed by atoms with Crippen molar-refractivity contribution in [2.45, 2.75) is 42.3 Å². The number of aryl methyl sites for hydroxylation is 1. The Kier molecular flexibility index (Phi) is 5.33. The molecule has 1 saturated carbocycles. The van der Waals surface area contributed by atoms with Crippen molar-refractivity contribution in [1.82, 2.24) is 4.72 Å². The van der Waals surface area contributed by atoms with Crippen molar-refractivity contribution in [2.24, 2.45) is 5.92 Å². The van der Waals surface area contributed by atoms with Crippen LogP contribution in [0.2, 0.25) is 0 Å². The minimum absolute atomic E-state index is 0.0120. The first-order valence-electron chi connectivity index (χ1n) is 9.60. The molecule has 4 atom stereocenters. The third-order valence-corrected chi connectivity index (χ3v) is 7.20. The maximum absolute atomic E-state index is 12.6. The number of para-hydroxylation sites is 1. The Morgan fingerprint density at radius 3 is 2.62 bits per heavy atom. The molecule has 7 nitrogen and oxygen atoms in total. The molecule has 2 aliphatic rings. The van der Waals surface area contributed by atoms with Gasteiger partial charge >= 0.3 is 5.97 Å². The van der Waals surface area contributed by atoms with Crippen LogP contribution in [0.25, 0.3) is 0 Å². The zero-order valence-corrected chi connectivity index (χ0v) is 16.5. The van der Waals surface area contributed by atoms with Crippen molar-refractivity contribution in [3.05, 3.63) is 59.7 Å². The maximum Gasteiger partial charge on any atom is 0.303 e. The van der Waals surface area contributed by atoms with Crippen molar-refractivity contribution in [1.29, 1.82) is 0 Å². The first-order valence-corrected chi connectivity index (χ1v) is 11.1. The molecule has 4 unspecified atom stereocenters. The number of rotatable bonds is 7. The predicted octanol–water partition coefficient (Wildman–Crippen LogP) is 1.91. The molecule has 154 valence electrons. The van der Waals surface area contributed by atoms with Crippen LogP contribution in [-0.2, 0) is 21.2 Å². The highest BCUT2D eigenvalue weighted by Gasteiger charge is 2.50. The average Bonchev–Trinajstić information content (AvgIpc) is 3.20. The molecule has 0 saturated heterocycles. The number of hydrogen-bond acceptors (Lipinski definition) is 5. The van der Waals surface area contributed by atoms with Crippen molar-refractivity contribution in [2.75, 3.05) is 6.54 Å². The number of carboxylic acids is 1. The number of ether oxygens (including phenoxy) is 1. The van der Waals surface area contributed by atoms with E-state index in [-0.39, 0.29) is 35.8 Å². The van der Waals surface area contributed by atoms with Crippen molar-refractivity contribution in [3.8, 4) is 5.75 Å². The fourth-order valence-corrected chi connectivity index (χ4v) is 5.47. The van der Waals surface area contributed by atoms with Gasteiger partial charge in [0.1, 0.15) is 11.9 Å². The van der Waals surface area contributed by atoms with Crippen LogP contribution < -0.4 is 9.46 Å². The van der Waals surface area contributed by atoms with Crippen molar-refractivity contribution >= 4 is 16.0 Å². The normalized spacial score (nSPS) is 25.3. The number of carbonyl (C=O) groups is 1. The second-order valence-corrected chi connectivity index (χ2v) is 9.31. The summed E-state index contributed by atoms with van der Waals surface area (Å²) < 4.78 is 33.8. The van der Waals surface area contributed by atoms with Gasteiger partial charge in [-0.25, -0.2) is 13.1 Å². The van der Waals surface area contributed by atoms with Crippen LogP contribution in [0.5, 0.6) is 5.75 Å². The van der Waals surface area contributed by atoms with Gasteiger partial charge in [0.25, 0.3) is 0 Å². The van der Waals surface area contributed by atoms with E-state index in [0.717, 1.165) is 11.1 Å². The van der Waals surface area contributed by atoms with Gasteiger partial charge in [0.2, 0.25) is 10.0 Å². The molecular weight excluding hydrogens is 394 g/mol. The first kappa shape index (κ1) is 19.9. The molecule has 1 heterocycles. The SMILES string of the molecule is O=C(O)CCc1cccc2c1OC1CC(O)C(CNS(=O)(=O)c3ccccc3)C21. The Labute approximate surface area is 169 Å². The largest absolute Gasteiger partial charge is 0.489 e. The van der Waals surface area contributed by atoms with E-state index in [9.17, 15) is 18.3 Å². The number of carboxylic acid groups (broad SMARTS) is 1. The lowest BCUT2D eigenvalue weighted by Gasteiger charge is -2.21. The Balaban J connectivity index is 1.54. The lowest BCUT2D eigenvalue weighted by atomic mass is 9.87. The minimum Gasteiger partial charge on any atom is -0.489 e. The van der Waals surface area contributed by atoms with Gasteiger partial charge in [0.15, 0.2) is 0 Å². The molecule has 1 aliphatic carbocycles. The first-order chi connectivity index (χ1) is 13.9.